The van der Waals surface area contributed by atoms with E-state index in [-0.39, 0.29) is 0 Å². The molecule has 0 aromatic carbocycles. The number of thioether (sulfide) groups is 1. The predicted molar refractivity (Wildman–Crippen MR) is 75.7 cm³/mol. The molecule has 2 nitrogen and oxygen atoms in total. The highest BCUT2D eigenvalue weighted by Crippen LogP contribution is 2.40. The Hall–Kier alpha value is 0.270. The molecule has 3 aliphatic rings. The number of nitrogens with zero attached hydrogens (tertiary/aromatic N) is 1. The minimum atomic E-state index is 0.576. The average molecular weight is 254 g/mol. The Morgan fingerprint density at radius 3 is 2.65 bits per heavy atom. The van der Waals surface area contributed by atoms with Crippen LogP contribution in [0, 0.1) is 0 Å². The summed E-state index contributed by atoms with van der Waals surface area (Å²) in [7, 11) is 0. The van der Waals surface area contributed by atoms with Crippen LogP contribution in [0.2, 0.25) is 0 Å². The van der Waals surface area contributed by atoms with Gasteiger partial charge in [-0.2, -0.15) is 11.8 Å². The molecule has 2 aliphatic carbocycles. The first-order valence-electron chi connectivity index (χ1n) is 7.34. The molecule has 3 heteroatoms. The van der Waals surface area contributed by atoms with Crippen LogP contribution in [-0.4, -0.2) is 47.6 Å². The van der Waals surface area contributed by atoms with E-state index in [9.17, 15) is 0 Å². The van der Waals surface area contributed by atoms with Gasteiger partial charge in [0.2, 0.25) is 0 Å². The van der Waals surface area contributed by atoms with Gasteiger partial charge in [-0.1, -0.05) is 12.8 Å². The summed E-state index contributed by atoms with van der Waals surface area (Å²) in [4.78, 5) is 2.71. The van der Waals surface area contributed by atoms with E-state index in [1.54, 1.807) is 0 Å². The van der Waals surface area contributed by atoms with Crippen molar-refractivity contribution in [2.24, 2.45) is 0 Å². The summed E-state index contributed by atoms with van der Waals surface area (Å²) in [5, 5.41) is 3.87. The molecule has 1 saturated heterocycles. The molecule has 3 fully saturated rings. The van der Waals surface area contributed by atoms with Crippen LogP contribution < -0.4 is 5.32 Å². The average Bonchev–Trinajstić information content (AvgIpc) is 2.94. The molecule has 1 aliphatic heterocycles. The number of hydrogen-bond donors (Lipinski definition) is 1. The zero-order valence-corrected chi connectivity index (χ0v) is 11.9. The number of rotatable bonds is 5. The third-order valence-corrected chi connectivity index (χ3v) is 6.36. The van der Waals surface area contributed by atoms with Crippen molar-refractivity contribution in [3.63, 3.8) is 0 Å². The standard InChI is InChI=1S/C14H26N2S/c1-17-14(7-2-3-8-14)11-15-12-6-9-16(10-12)13-4-5-13/h12-13,15H,2-11H2,1H3. The first kappa shape index (κ1) is 12.3. The van der Waals surface area contributed by atoms with E-state index < -0.39 is 0 Å². The van der Waals surface area contributed by atoms with Gasteiger partial charge in [-0.05, 0) is 38.4 Å². The third-order valence-electron chi connectivity index (χ3n) is 4.94. The first-order chi connectivity index (χ1) is 8.31. The largest absolute Gasteiger partial charge is 0.311 e. The van der Waals surface area contributed by atoms with Crippen LogP contribution >= 0.6 is 11.8 Å². The minimum Gasteiger partial charge on any atom is -0.311 e. The Morgan fingerprint density at radius 1 is 1.24 bits per heavy atom. The highest BCUT2D eigenvalue weighted by Gasteiger charge is 2.37. The van der Waals surface area contributed by atoms with Gasteiger partial charge in [-0.25, -0.2) is 0 Å². The normalized spacial score (nSPS) is 33.4. The topological polar surface area (TPSA) is 15.3 Å². The Bertz CT molecular complexity index is 259. The maximum absolute atomic E-state index is 3.87. The second kappa shape index (κ2) is 5.10. The van der Waals surface area contributed by atoms with Crippen molar-refractivity contribution in [2.75, 3.05) is 25.9 Å². The van der Waals surface area contributed by atoms with E-state index in [2.05, 4.69) is 28.2 Å². The van der Waals surface area contributed by atoms with E-state index >= 15 is 0 Å². The summed E-state index contributed by atoms with van der Waals surface area (Å²) in [5.74, 6) is 0. The van der Waals surface area contributed by atoms with Crippen molar-refractivity contribution in [3.8, 4) is 0 Å². The Kier molecular flexibility index (Phi) is 3.69. The monoisotopic (exact) mass is 254 g/mol. The molecule has 0 amide bonds. The molecule has 0 bridgehead atoms. The van der Waals surface area contributed by atoms with E-state index in [4.69, 9.17) is 0 Å². The molecular weight excluding hydrogens is 228 g/mol. The lowest BCUT2D eigenvalue weighted by molar-refractivity contribution is 0.316. The quantitative estimate of drug-likeness (QED) is 0.811. The lowest BCUT2D eigenvalue weighted by Crippen LogP contribution is -2.42. The van der Waals surface area contributed by atoms with Gasteiger partial charge < -0.3 is 5.32 Å². The van der Waals surface area contributed by atoms with Crippen molar-refractivity contribution in [2.45, 2.75) is 61.8 Å². The van der Waals surface area contributed by atoms with Gasteiger partial charge in [-0.15, -0.1) is 0 Å². The van der Waals surface area contributed by atoms with Crippen molar-refractivity contribution >= 4 is 11.8 Å². The maximum atomic E-state index is 3.87. The van der Waals surface area contributed by atoms with Gasteiger partial charge in [0.15, 0.2) is 0 Å². The second-order valence-electron chi connectivity index (χ2n) is 6.19. The molecule has 1 N–H and O–H groups in total. The van der Waals surface area contributed by atoms with Crippen LogP contribution in [0.25, 0.3) is 0 Å². The van der Waals surface area contributed by atoms with Crippen molar-refractivity contribution < 1.29 is 0 Å². The summed E-state index contributed by atoms with van der Waals surface area (Å²) < 4.78 is 0.576. The predicted octanol–water partition coefficient (Wildman–Crippen LogP) is 2.49. The fourth-order valence-electron chi connectivity index (χ4n) is 3.53. The highest BCUT2D eigenvalue weighted by atomic mass is 32.2. The van der Waals surface area contributed by atoms with E-state index in [0.717, 1.165) is 12.1 Å². The molecule has 0 aromatic rings. The molecule has 98 valence electrons. The second-order valence-corrected chi connectivity index (χ2v) is 7.46. The molecule has 0 aromatic heterocycles. The van der Waals surface area contributed by atoms with Crippen molar-refractivity contribution in [1.82, 2.24) is 10.2 Å². The van der Waals surface area contributed by atoms with Crippen LogP contribution in [0.5, 0.6) is 0 Å². The number of hydrogen-bond acceptors (Lipinski definition) is 3. The Balaban J connectivity index is 1.44. The Labute approximate surface area is 110 Å². The van der Waals surface area contributed by atoms with E-state index in [0.29, 0.717) is 4.75 Å². The first-order valence-corrected chi connectivity index (χ1v) is 8.56. The lowest BCUT2D eigenvalue weighted by atomic mass is 10.1. The molecule has 3 rings (SSSR count). The zero-order valence-electron chi connectivity index (χ0n) is 11.1. The molecule has 1 unspecified atom stereocenters. The van der Waals surface area contributed by atoms with Crippen molar-refractivity contribution in [1.29, 1.82) is 0 Å². The fraction of sp³-hybridized carbons (Fsp3) is 1.00. The molecule has 17 heavy (non-hydrogen) atoms. The van der Waals surface area contributed by atoms with Gasteiger partial charge in [0.05, 0.1) is 0 Å². The fourth-order valence-corrected chi connectivity index (χ4v) is 4.45. The van der Waals surface area contributed by atoms with Crippen molar-refractivity contribution in [3.05, 3.63) is 0 Å². The van der Waals surface area contributed by atoms with Crippen LogP contribution in [0.15, 0.2) is 0 Å². The van der Waals surface area contributed by atoms with Gasteiger partial charge in [0.1, 0.15) is 0 Å². The van der Waals surface area contributed by atoms with E-state index in [1.165, 1.54) is 64.6 Å². The van der Waals surface area contributed by atoms with Crippen LogP contribution in [0.1, 0.15) is 44.9 Å². The zero-order chi connectivity index (χ0) is 11.7. The molecule has 2 saturated carbocycles. The maximum Gasteiger partial charge on any atom is 0.0281 e. The summed E-state index contributed by atoms with van der Waals surface area (Å²) in [6.45, 7) is 3.90. The smallest absolute Gasteiger partial charge is 0.0281 e. The summed E-state index contributed by atoms with van der Waals surface area (Å²) in [5.41, 5.74) is 0. The highest BCUT2D eigenvalue weighted by molar-refractivity contribution is 8.00. The van der Waals surface area contributed by atoms with Gasteiger partial charge >= 0.3 is 0 Å². The van der Waals surface area contributed by atoms with Gasteiger partial charge in [0.25, 0.3) is 0 Å². The SMILES string of the molecule is CSC1(CNC2CCN(C3CC3)C2)CCCC1. The molecular formula is C14H26N2S. The van der Waals surface area contributed by atoms with Gasteiger partial charge in [-0.3, -0.25) is 4.90 Å². The minimum absolute atomic E-state index is 0.576. The number of likely N-dealkylation sites (tertiary alicyclic amines) is 1. The molecule has 0 spiro atoms. The molecule has 0 radical (unpaired) electrons. The number of nitrogens with one attached hydrogen (secondary N) is 1. The van der Waals surface area contributed by atoms with Crippen LogP contribution in [0.4, 0.5) is 0 Å². The third kappa shape index (κ3) is 2.82. The lowest BCUT2D eigenvalue weighted by Gasteiger charge is -2.29. The molecule has 1 atom stereocenters. The van der Waals surface area contributed by atoms with Crippen LogP contribution in [0.3, 0.4) is 0 Å². The van der Waals surface area contributed by atoms with Gasteiger partial charge in [0, 0.05) is 36.5 Å². The summed E-state index contributed by atoms with van der Waals surface area (Å²) >= 11 is 2.11. The summed E-state index contributed by atoms with van der Waals surface area (Å²) in [6, 6.07) is 1.74. The van der Waals surface area contributed by atoms with Crippen LogP contribution in [-0.2, 0) is 0 Å². The van der Waals surface area contributed by atoms with E-state index in [1.807, 2.05) is 0 Å². The Morgan fingerprint density at radius 2 is 2.00 bits per heavy atom. The molecule has 1 heterocycles. The summed E-state index contributed by atoms with van der Waals surface area (Å²) in [6.07, 6.45) is 12.4.